The van der Waals surface area contributed by atoms with Gasteiger partial charge in [0.25, 0.3) is 0 Å². The number of benzene rings is 2. The molecule has 2 heterocycles. The molecule has 4 rings (SSSR count). The maximum atomic E-state index is 6.29. The fourth-order valence-corrected chi connectivity index (χ4v) is 4.24. The van der Waals surface area contributed by atoms with Gasteiger partial charge in [-0.2, -0.15) is 0 Å². The standard InChI is InChI=1S/C21H22Cl2N2O/c1-2-3-18-12-24-19-13-26-21(15-6-10-17(23)11-7-15)20(25(18)19)14-4-8-16(22)9-5-14/h4-11,18,20-21H,2-3,12-13H2,1H3/t18-,20+,21-/m0/s1. The number of amidine groups is 1. The Kier molecular flexibility index (Phi) is 5.21. The Morgan fingerprint density at radius 1 is 1.00 bits per heavy atom. The Bertz CT molecular complexity index is 789. The lowest BCUT2D eigenvalue weighted by Gasteiger charge is -2.44. The second-order valence-electron chi connectivity index (χ2n) is 6.89. The average molecular weight is 389 g/mol. The molecule has 2 aliphatic rings. The van der Waals surface area contributed by atoms with Gasteiger partial charge in [0.15, 0.2) is 0 Å². The van der Waals surface area contributed by atoms with Gasteiger partial charge in [0.05, 0.1) is 18.6 Å². The van der Waals surface area contributed by atoms with Crippen LogP contribution in [0.4, 0.5) is 0 Å². The molecule has 5 heteroatoms. The van der Waals surface area contributed by atoms with Crippen LogP contribution in [0.5, 0.6) is 0 Å². The minimum absolute atomic E-state index is 0.0650. The van der Waals surface area contributed by atoms with Crippen LogP contribution >= 0.6 is 23.2 Å². The van der Waals surface area contributed by atoms with Crippen LogP contribution in [0.15, 0.2) is 53.5 Å². The van der Waals surface area contributed by atoms with Crippen molar-refractivity contribution in [3.63, 3.8) is 0 Å². The van der Waals surface area contributed by atoms with E-state index in [1.54, 1.807) is 0 Å². The van der Waals surface area contributed by atoms with Crippen LogP contribution in [0.2, 0.25) is 10.0 Å². The summed E-state index contributed by atoms with van der Waals surface area (Å²) in [6.07, 6.45) is 2.21. The number of halogens is 2. The summed E-state index contributed by atoms with van der Waals surface area (Å²) in [5, 5.41) is 1.48. The van der Waals surface area contributed by atoms with Gasteiger partial charge in [-0.1, -0.05) is 60.8 Å². The van der Waals surface area contributed by atoms with Gasteiger partial charge in [0.1, 0.15) is 18.5 Å². The fourth-order valence-electron chi connectivity index (χ4n) is 3.99. The van der Waals surface area contributed by atoms with Crippen molar-refractivity contribution in [1.29, 1.82) is 0 Å². The molecule has 1 fully saturated rings. The van der Waals surface area contributed by atoms with E-state index in [4.69, 9.17) is 32.9 Å². The third-order valence-corrected chi connectivity index (χ3v) is 5.69. The molecule has 0 radical (unpaired) electrons. The predicted octanol–water partition coefficient (Wildman–Crippen LogP) is 5.69. The summed E-state index contributed by atoms with van der Waals surface area (Å²) in [6.45, 7) is 3.63. The Hall–Kier alpha value is -1.55. The van der Waals surface area contributed by atoms with Gasteiger partial charge in [0.2, 0.25) is 0 Å². The number of morpholine rings is 1. The summed E-state index contributed by atoms with van der Waals surface area (Å²) in [7, 11) is 0. The molecule has 0 bridgehead atoms. The molecule has 0 spiro atoms. The highest BCUT2D eigenvalue weighted by Gasteiger charge is 2.42. The Labute approximate surface area is 164 Å². The third-order valence-electron chi connectivity index (χ3n) is 5.19. The molecule has 3 atom stereocenters. The molecule has 136 valence electrons. The predicted molar refractivity (Wildman–Crippen MR) is 107 cm³/mol. The molecule has 2 aromatic rings. The van der Waals surface area contributed by atoms with Crippen molar-refractivity contribution < 1.29 is 4.74 Å². The molecule has 0 unspecified atom stereocenters. The van der Waals surface area contributed by atoms with E-state index in [2.05, 4.69) is 36.1 Å². The van der Waals surface area contributed by atoms with Crippen LogP contribution < -0.4 is 0 Å². The monoisotopic (exact) mass is 388 g/mol. The minimum Gasteiger partial charge on any atom is -0.363 e. The molecule has 2 aliphatic heterocycles. The van der Waals surface area contributed by atoms with E-state index >= 15 is 0 Å². The summed E-state index contributed by atoms with van der Waals surface area (Å²) in [4.78, 5) is 7.25. The highest BCUT2D eigenvalue weighted by Crippen LogP contribution is 2.43. The van der Waals surface area contributed by atoms with E-state index in [0.717, 1.165) is 40.8 Å². The first-order valence-electron chi connectivity index (χ1n) is 9.11. The highest BCUT2D eigenvalue weighted by atomic mass is 35.5. The van der Waals surface area contributed by atoms with Crippen molar-refractivity contribution in [3.8, 4) is 0 Å². The van der Waals surface area contributed by atoms with Gasteiger partial charge in [0, 0.05) is 10.0 Å². The molecular formula is C21H22Cl2N2O. The normalized spacial score (nSPS) is 25.1. The first-order chi connectivity index (χ1) is 12.7. The Morgan fingerprint density at radius 3 is 2.23 bits per heavy atom. The summed E-state index contributed by atoms with van der Waals surface area (Å²) in [5.74, 6) is 1.06. The molecule has 0 aromatic heterocycles. The van der Waals surface area contributed by atoms with Gasteiger partial charge >= 0.3 is 0 Å². The average Bonchev–Trinajstić information content (AvgIpc) is 3.06. The van der Waals surface area contributed by atoms with E-state index in [1.165, 1.54) is 5.56 Å². The zero-order chi connectivity index (χ0) is 18.1. The van der Waals surface area contributed by atoms with E-state index in [9.17, 15) is 0 Å². The summed E-state index contributed by atoms with van der Waals surface area (Å²) < 4.78 is 6.29. The number of rotatable bonds is 4. The molecular weight excluding hydrogens is 367 g/mol. The number of hydrogen-bond donors (Lipinski definition) is 0. The zero-order valence-corrected chi connectivity index (χ0v) is 16.2. The van der Waals surface area contributed by atoms with Gasteiger partial charge in [-0.25, -0.2) is 0 Å². The molecule has 0 N–H and O–H groups in total. The molecule has 3 nitrogen and oxygen atoms in total. The largest absolute Gasteiger partial charge is 0.363 e. The minimum atomic E-state index is -0.0650. The van der Waals surface area contributed by atoms with E-state index in [0.29, 0.717) is 12.6 Å². The molecule has 0 amide bonds. The zero-order valence-electron chi connectivity index (χ0n) is 14.7. The number of aliphatic imine (C=N–C) groups is 1. The van der Waals surface area contributed by atoms with Crippen molar-refractivity contribution in [2.75, 3.05) is 13.2 Å². The Balaban J connectivity index is 1.76. The number of hydrogen-bond acceptors (Lipinski definition) is 3. The molecule has 0 aliphatic carbocycles. The van der Waals surface area contributed by atoms with E-state index < -0.39 is 0 Å². The van der Waals surface area contributed by atoms with Gasteiger partial charge in [-0.3, -0.25) is 4.99 Å². The summed E-state index contributed by atoms with van der Waals surface area (Å²) >= 11 is 12.2. The van der Waals surface area contributed by atoms with Gasteiger partial charge in [-0.15, -0.1) is 0 Å². The quantitative estimate of drug-likeness (QED) is 0.671. The topological polar surface area (TPSA) is 24.8 Å². The molecule has 0 saturated carbocycles. The number of fused-ring (bicyclic) bond motifs is 1. The van der Waals surface area contributed by atoms with Crippen molar-refractivity contribution in [3.05, 3.63) is 69.7 Å². The van der Waals surface area contributed by atoms with Crippen LogP contribution in [-0.4, -0.2) is 29.9 Å². The number of ether oxygens (including phenoxy) is 1. The van der Waals surface area contributed by atoms with Crippen LogP contribution in [0.25, 0.3) is 0 Å². The maximum Gasteiger partial charge on any atom is 0.126 e. The second kappa shape index (κ2) is 7.59. The van der Waals surface area contributed by atoms with Crippen molar-refractivity contribution in [2.45, 2.75) is 38.0 Å². The smallest absolute Gasteiger partial charge is 0.126 e. The molecule has 26 heavy (non-hydrogen) atoms. The lowest BCUT2D eigenvalue weighted by atomic mass is 9.91. The highest BCUT2D eigenvalue weighted by molar-refractivity contribution is 6.30. The van der Waals surface area contributed by atoms with Crippen molar-refractivity contribution >= 4 is 29.0 Å². The SMILES string of the molecule is CCC[C@H]1CN=C2CO[C@@H](c3ccc(Cl)cc3)[C@@H](c3ccc(Cl)cc3)N21. The summed E-state index contributed by atoms with van der Waals surface area (Å²) in [6, 6.07) is 16.6. The first kappa shape index (κ1) is 17.8. The van der Waals surface area contributed by atoms with Crippen LogP contribution in [0.3, 0.4) is 0 Å². The number of nitrogens with zero attached hydrogens (tertiary/aromatic N) is 2. The van der Waals surface area contributed by atoms with Crippen molar-refractivity contribution in [1.82, 2.24) is 4.90 Å². The summed E-state index contributed by atoms with van der Waals surface area (Å²) in [5.41, 5.74) is 2.33. The van der Waals surface area contributed by atoms with Gasteiger partial charge in [-0.05, 0) is 41.8 Å². The maximum absolute atomic E-state index is 6.29. The Morgan fingerprint density at radius 2 is 1.62 bits per heavy atom. The third kappa shape index (κ3) is 3.36. The first-order valence-corrected chi connectivity index (χ1v) is 9.87. The van der Waals surface area contributed by atoms with E-state index in [-0.39, 0.29) is 12.1 Å². The van der Waals surface area contributed by atoms with Crippen LogP contribution in [0, 0.1) is 0 Å². The molecule has 1 saturated heterocycles. The second-order valence-corrected chi connectivity index (χ2v) is 7.76. The molecule has 2 aromatic carbocycles. The fraction of sp³-hybridized carbons (Fsp3) is 0.381. The van der Waals surface area contributed by atoms with Gasteiger partial charge < -0.3 is 9.64 Å². The van der Waals surface area contributed by atoms with E-state index in [1.807, 2.05) is 24.3 Å². The lowest BCUT2D eigenvalue weighted by Crippen LogP contribution is -2.48. The van der Waals surface area contributed by atoms with Crippen molar-refractivity contribution in [2.24, 2.45) is 4.99 Å². The van der Waals surface area contributed by atoms with Crippen LogP contribution in [-0.2, 0) is 4.74 Å². The lowest BCUT2D eigenvalue weighted by molar-refractivity contribution is -0.0189. The van der Waals surface area contributed by atoms with Crippen LogP contribution in [0.1, 0.15) is 43.0 Å².